The molecule has 0 atom stereocenters. The zero-order valence-corrected chi connectivity index (χ0v) is 5.31. The number of hydrogen-bond donors (Lipinski definition) is 1. The lowest BCUT2D eigenvalue weighted by Crippen LogP contribution is -2.01. The minimum Gasteiger partial charge on any atom is -0.411 e. The van der Waals surface area contributed by atoms with E-state index in [4.69, 9.17) is 5.21 Å². The van der Waals surface area contributed by atoms with Gasteiger partial charge in [0.1, 0.15) is 6.21 Å². The predicted molar refractivity (Wildman–Crippen MR) is 33.7 cm³/mol. The third-order valence-corrected chi connectivity index (χ3v) is 1.06. The second-order valence-corrected chi connectivity index (χ2v) is 2.01. The number of thioether (sulfide) groups is 1. The summed E-state index contributed by atoms with van der Waals surface area (Å²) in [5, 5.41) is 10.4. The predicted octanol–water partition coefficient (Wildman–Crippen LogP) is 0.379. The molecule has 0 rings (SSSR count). The zero-order valence-electron chi connectivity index (χ0n) is 4.50. The number of carbonyl (C=O) groups is 1. The van der Waals surface area contributed by atoms with Gasteiger partial charge in [0.25, 0.3) is 0 Å². The van der Waals surface area contributed by atoms with E-state index in [1.807, 2.05) is 6.26 Å². The maximum absolute atomic E-state index is 10.3. The Bertz CT molecular complexity index is 102. The van der Waals surface area contributed by atoms with Crippen LogP contribution in [0.3, 0.4) is 0 Å². The normalized spacial score (nSPS) is 10.1. The van der Waals surface area contributed by atoms with Gasteiger partial charge in [0.15, 0.2) is 5.78 Å². The molecule has 0 saturated heterocycles. The van der Waals surface area contributed by atoms with Crippen LogP contribution in [0, 0.1) is 0 Å². The van der Waals surface area contributed by atoms with Crippen LogP contribution in [0.25, 0.3) is 0 Å². The summed E-state index contributed by atoms with van der Waals surface area (Å²) in [7, 11) is 0. The maximum Gasteiger partial charge on any atom is 0.187 e. The molecule has 0 aliphatic heterocycles. The molecule has 46 valence electrons. The van der Waals surface area contributed by atoms with Crippen LogP contribution in [0.1, 0.15) is 0 Å². The molecular formula is C4H7NO2S. The first-order chi connectivity index (χ1) is 3.81. The number of rotatable bonds is 3. The van der Waals surface area contributed by atoms with E-state index in [1.54, 1.807) is 0 Å². The Hall–Kier alpha value is -0.510. The fraction of sp³-hybridized carbons (Fsp3) is 0.500. The van der Waals surface area contributed by atoms with Gasteiger partial charge in [-0.25, -0.2) is 0 Å². The summed E-state index contributed by atoms with van der Waals surface area (Å²) in [6.45, 7) is 0. The van der Waals surface area contributed by atoms with E-state index in [0.29, 0.717) is 5.75 Å². The van der Waals surface area contributed by atoms with E-state index in [0.717, 1.165) is 6.21 Å². The van der Waals surface area contributed by atoms with Crippen molar-refractivity contribution in [3.05, 3.63) is 0 Å². The lowest BCUT2D eigenvalue weighted by molar-refractivity contribution is -0.110. The monoisotopic (exact) mass is 133 g/mol. The van der Waals surface area contributed by atoms with E-state index >= 15 is 0 Å². The van der Waals surface area contributed by atoms with Crippen LogP contribution < -0.4 is 0 Å². The molecule has 0 aromatic carbocycles. The second-order valence-electron chi connectivity index (χ2n) is 1.14. The van der Waals surface area contributed by atoms with Gasteiger partial charge in [-0.3, -0.25) is 4.79 Å². The summed E-state index contributed by atoms with van der Waals surface area (Å²) in [5.41, 5.74) is 0. The smallest absolute Gasteiger partial charge is 0.187 e. The van der Waals surface area contributed by atoms with Crippen molar-refractivity contribution < 1.29 is 10.0 Å². The number of carbonyl (C=O) groups excluding carboxylic acids is 1. The van der Waals surface area contributed by atoms with Gasteiger partial charge in [-0.05, 0) is 6.26 Å². The third kappa shape index (κ3) is 3.67. The molecular weight excluding hydrogens is 126 g/mol. The van der Waals surface area contributed by atoms with Crippen molar-refractivity contribution in [3.8, 4) is 0 Å². The van der Waals surface area contributed by atoms with Gasteiger partial charge in [-0.15, -0.1) is 0 Å². The van der Waals surface area contributed by atoms with Crippen molar-refractivity contribution >= 4 is 23.8 Å². The summed E-state index contributed by atoms with van der Waals surface area (Å²) in [5.74, 6) is 0.212. The molecule has 0 bridgehead atoms. The van der Waals surface area contributed by atoms with Crippen molar-refractivity contribution in [2.75, 3.05) is 12.0 Å². The van der Waals surface area contributed by atoms with Crippen molar-refractivity contribution in [2.45, 2.75) is 0 Å². The Morgan fingerprint density at radius 2 is 2.62 bits per heavy atom. The largest absolute Gasteiger partial charge is 0.411 e. The van der Waals surface area contributed by atoms with E-state index in [1.165, 1.54) is 11.8 Å². The molecule has 0 aliphatic carbocycles. The molecule has 1 N–H and O–H groups in total. The Labute approximate surface area is 51.8 Å². The van der Waals surface area contributed by atoms with Crippen LogP contribution >= 0.6 is 11.8 Å². The lowest BCUT2D eigenvalue weighted by atomic mass is 10.5. The molecule has 0 radical (unpaired) electrons. The molecule has 8 heavy (non-hydrogen) atoms. The van der Waals surface area contributed by atoms with Gasteiger partial charge in [-0.2, -0.15) is 11.8 Å². The quantitative estimate of drug-likeness (QED) is 0.344. The maximum atomic E-state index is 10.3. The number of oxime groups is 1. The highest BCUT2D eigenvalue weighted by Crippen LogP contribution is 1.88. The summed E-state index contributed by atoms with van der Waals surface area (Å²) >= 11 is 1.40. The van der Waals surface area contributed by atoms with Crippen LogP contribution in [-0.2, 0) is 4.79 Å². The molecule has 0 aliphatic rings. The van der Waals surface area contributed by atoms with Gasteiger partial charge in [0.2, 0.25) is 0 Å². The molecule has 0 heterocycles. The summed E-state index contributed by atoms with van der Waals surface area (Å²) < 4.78 is 0. The van der Waals surface area contributed by atoms with Crippen LogP contribution in [-0.4, -0.2) is 29.2 Å². The molecule has 0 aromatic rings. The fourth-order valence-electron chi connectivity index (χ4n) is 0.244. The minimum atomic E-state index is -0.167. The molecule has 0 fully saturated rings. The molecule has 0 spiro atoms. The highest BCUT2D eigenvalue weighted by molar-refractivity contribution is 7.99. The first-order valence-corrected chi connectivity index (χ1v) is 3.40. The fourth-order valence-corrected chi connectivity index (χ4v) is 0.603. The first-order valence-electron chi connectivity index (χ1n) is 2.00. The summed E-state index contributed by atoms with van der Waals surface area (Å²) in [6.07, 6.45) is 2.71. The van der Waals surface area contributed by atoms with E-state index in [2.05, 4.69) is 5.16 Å². The van der Waals surface area contributed by atoms with Crippen molar-refractivity contribution in [2.24, 2.45) is 5.16 Å². The highest BCUT2D eigenvalue weighted by atomic mass is 32.2. The lowest BCUT2D eigenvalue weighted by Gasteiger charge is -1.83. The summed E-state index contributed by atoms with van der Waals surface area (Å²) in [6, 6.07) is 0. The molecule has 0 saturated carbocycles. The molecule has 0 amide bonds. The van der Waals surface area contributed by atoms with E-state index < -0.39 is 0 Å². The first kappa shape index (κ1) is 7.49. The minimum absolute atomic E-state index is 0.167. The molecule has 0 aromatic heterocycles. The van der Waals surface area contributed by atoms with Crippen molar-refractivity contribution in [1.82, 2.24) is 0 Å². The van der Waals surface area contributed by atoms with Crippen LogP contribution in [0.15, 0.2) is 5.16 Å². The Morgan fingerprint density at radius 1 is 2.00 bits per heavy atom. The van der Waals surface area contributed by atoms with E-state index in [9.17, 15) is 4.79 Å². The van der Waals surface area contributed by atoms with Crippen LogP contribution in [0.2, 0.25) is 0 Å². The molecule has 0 unspecified atom stereocenters. The van der Waals surface area contributed by atoms with Gasteiger partial charge in [0, 0.05) is 0 Å². The standard InChI is InChI=1S/C4H7NO2S/c1-8-3-4(6)2-5-7/h2,7H,3H2,1H3/b5-2+. The van der Waals surface area contributed by atoms with Crippen molar-refractivity contribution in [1.29, 1.82) is 0 Å². The Morgan fingerprint density at radius 3 is 3.00 bits per heavy atom. The van der Waals surface area contributed by atoms with Gasteiger partial charge < -0.3 is 5.21 Å². The Balaban J connectivity index is 3.33. The number of nitrogens with zero attached hydrogens (tertiary/aromatic N) is 1. The molecule has 3 nitrogen and oxygen atoms in total. The topological polar surface area (TPSA) is 49.7 Å². The highest BCUT2D eigenvalue weighted by Gasteiger charge is 1.92. The number of hydrogen-bond acceptors (Lipinski definition) is 4. The second kappa shape index (κ2) is 4.64. The number of Topliss-reactive ketones (excluding diaryl/α,β-unsaturated/α-hetero) is 1. The Kier molecular flexibility index (Phi) is 4.35. The number of ketones is 1. The average molecular weight is 133 g/mol. The van der Waals surface area contributed by atoms with Gasteiger partial charge in [0.05, 0.1) is 5.75 Å². The van der Waals surface area contributed by atoms with Crippen LogP contribution in [0.4, 0.5) is 0 Å². The van der Waals surface area contributed by atoms with E-state index in [-0.39, 0.29) is 5.78 Å². The molecule has 4 heteroatoms. The van der Waals surface area contributed by atoms with Crippen molar-refractivity contribution in [3.63, 3.8) is 0 Å². The zero-order chi connectivity index (χ0) is 6.41. The van der Waals surface area contributed by atoms with Gasteiger partial charge in [-0.1, -0.05) is 5.16 Å². The van der Waals surface area contributed by atoms with Gasteiger partial charge >= 0.3 is 0 Å². The average Bonchev–Trinajstić information content (AvgIpc) is 1.68. The SMILES string of the molecule is CSCC(=O)/C=N/O. The summed E-state index contributed by atoms with van der Waals surface area (Å²) in [4.78, 5) is 10.3. The van der Waals surface area contributed by atoms with Crippen LogP contribution in [0.5, 0.6) is 0 Å². The third-order valence-electron chi connectivity index (χ3n) is 0.488.